The van der Waals surface area contributed by atoms with Gasteiger partial charge in [0.1, 0.15) is 0 Å². The minimum absolute atomic E-state index is 0.110. The summed E-state index contributed by atoms with van der Waals surface area (Å²) in [6, 6.07) is 21.3. The zero-order valence-corrected chi connectivity index (χ0v) is 34.6. The fourth-order valence-corrected chi connectivity index (χ4v) is 49.2. The fraction of sp³-hybridized carbons (Fsp3) is 0.533. The van der Waals surface area contributed by atoms with Gasteiger partial charge in [-0.1, -0.05) is 0 Å². The molecule has 5 nitrogen and oxygen atoms in total. The molecule has 0 unspecified atom stereocenters. The Morgan fingerprint density at radius 2 is 0.846 bits per heavy atom. The van der Waals surface area contributed by atoms with Crippen molar-refractivity contribution in [3.8, 4) is 0 Å². The SMILES string of the molecule is CC(C)(C)N=c1cccccc1[N]([Ge](=[Te])[O][Ge](=[Te])[N](c1cccccc1=NC(C)(C)C)C(C)(C)C)C(C)(C)C. The van der Waals surface area contributed by atoms with E-state index >= 15 is 0 Å². The molecule has 0 bridgehead atoms. The van der Waals surface area contributed by atoms with E-state index in [1.54, 1.807) is 0 Å². The van der Waals surface area contributed by atoms with E-state index in [0.29, 0.717) is 0 Å². The quantitative estimate of drug-likeness (QED) is 0.370. The summed E-state index contributed by atoms with van der Waals surface area (Å²) in [7, 11) is 0. The second-order valence-corrected chi connectivity index (χ2v) is 30.7. The van der Waals surface area contributed by atoms with Gasteiger partial charge in [0, 0.05) is 0 Å². The Kier molecular flexibility index (Phi) is 12.5. The van der Waals surface area contributed by atoms with Crippen molar-refractivity contribution in [1.82, 2.24) is 0 Å². The molecule has 0 saturated carbocycles. The minimum atomic E-state index is -2.25. The summed E-state index contributed by atoms with van der Waals surface area (Å²) in [5.74, 6) is 0. The van der Waals surface area contributed by atoms with Gasteiger partial charge in [-0.15, -0.1) is 0 Å². The molecule has 212 valence electrons. The van der Waals surface area contributed by atoms with Gasteiger partial charge in [-0.05, 0) is 0 Å². The Morgan fingerprint density at radius 3 is 1.13 bits per heavy atom. The van der Waals surface area contributed by atoms with Crippen molar-refractivity contribution < 1.29 is 2.79 Å². The van der Waals surface area contributed by atoms with Crippen LogP contribution in [0.4, 0.5) is 11.4 Å². The molecule has 0 fully saturated rings. The van der Waals surface area contributed by atoms with Crippen molar-refractivity contribution in [2.24, 2.45) is 9.98 Å². The molecular weight excluding hydrogens is 833 g/mol. The Balaban J connectivity index is 2.70. The molecule has 0 amide bonds. The fourth-order valence-electron chi connectivity index (χ4n) is 3.98. The van der Waals surface area contributed by atoms with Crippen LogP contribution in [0, 0.1) is 0 Å². The summed E-state index contributed by atoms with van der Waals surface area (Å²) in [6.07, 6.45) is 0. The van der Waals surface area contributed by atoms with E-state index in [9.17, 15) is 0 Å². The molecule has 2 aromatic rings. The van der Waals surface area contributed by atoms with E-state index in [4.69, 9.17) is 12.8 Å². The molecule has 2 aromatic carbocycles. The van der Waals surface area contributed by atoms with Crippen molar-refractivity contribution >= 4 is 72.2 Å². The molecule has 0 heterocycles. The van der Waals surface area contributed by atoms with Crippen LogP contribution in [0.5, 0.6) is 0 Å². The third kappa shape index (κ3) is 11.2. The van der Waals surface area contributed by atoms with E-state index in [2.05, 4.69) is 190 Å². The van der Waals surface area contributed by atoms with Gasteiger partial charge in [-0.3, -0.25) is 0 Å². The monoisotopic (exact) mass is 886 g/mol. The van der Waals surface area contributed by atoms with Gasteiger partial charge in [-0.2, -0.15) is 0 Å². The second kappa shape index (κ2) is 13.9. The molecule has 9 heteroatoms. The first-order chi connectivity index (χ1) is 17.7. The molecule has 39 heavy (non-hydrogen) atoms. The van der Waals surface area contributed by atoms with Crippen molar-refractivity contribution in [2.75, 3.05) is 7.71 Å². The van der Waals surface area contributed by atoms with Gasteiger partial charge in [0.05, 0.1) is 0 Å². The number of anilines is 2. The molecule has 0 aromatic heterocycles. The van der Waals surface area contributed by atoms with Gasteiger partial charge in [0.15, 0.2) is 0 Å². The van der Waals surface area contributed by atoms with Crippen LogP contribution in [0.3, 0.4) is 0 Å². The van der Waals surface area contributed by atoms with Crippen LogP contribution < -0.4 is 18.4 Å². The predicted molar refractivity (Wildman–Crippen MR) is 172 cm³/mol. The van der Waals surface area contributed by atoms with Gasteiger partial charge in [0.25, 0.3) is 0 Å². The van der Waals surface area contributed by atoms with Crippen LogP contribution in [0.15, 0.2) is 70.6 Å². The molecule has 0 spiro atoms. The van der Waals surface area contributed by atoms with Gasteiger partial charge in [0.2, 0.25) is 0 Å². The first-order valence-electron chi connectivity index (χ1n) is 13.4. The van der Waals surface area contributed by atoms with Crippen LogP contribution in [-0.2, 0) is 2.79 Å². The van der Waals surface area contributed by atoms with Crippen LogP contribution in [0.25, 0.3) is 0 Å². The number of hydrogen-bond acceptors (Lipinski definition) is 5. The molecule has 0 aliphatic rings. The molecule has 0 radical (unpaired) electrons. The molecule has 2 rings (SSSR count). The standard InChI is InChI=1S/C30H46Ge2N4OTe2/c1-27(2,3)33-23-19-15-13-17-21-25(23)35(29(7,8)9)31(38)37-32(39)36(30(10,11)12)26-22-18-14-16-20-24(26)34-28(4,5)6/h13-22H,1-12H3. The van der Waals surface area contributed by atoms with E-state index < -0.39 is 22.2 Å². The van der Waals surface area contributed by atoms with E-state index in [-0.39, 0.29) is 22.2 Å². The summed E-state index contributed by atoms with van der Waals surface area (Å²) < 4.78 is 12.4. The van der Waals surface area contributed by atoms with Gasteiger partial charge >= 0.3 is 269 Å². The molecule has 0 atom stereocenters. The summed E-state index contributed by atoms with van der Waals surface area (Å²) in [5.41, 5.74) is 1.75. The van der Waals surface area contributed by atoms with Crippen molar-refractivity contribution in [2.45, 2.75) is 105 Å². The Bertz CT molecular complexity index is 1230. The van der Waals surface area contributed by atoms with Crippen LogP contribution >= 0.6 is 0 Å². The molecule has 0 saturated heterocycles. The van der Waals surface area contributed by atoms with Gasteiger partial charge in [-0.25, -0.2) is 0 Å². The van der Waals surface area contributed by atoms with Crippen molar-refractivity contribution in [3.05, 3.63) is 71.4 Å². The summed E-state index contributed by atoms with van der Waals surface area (Å²) in [5, 5.41) is 2.04. The number of rotatable bonds is 6. The second-order valence-electron chi connectivity index (χ2n) is 13.6. The molecular formula is C30H46Ge2N4OTe2. The Labute approximate surface area is 266 Å². The topological polar surface area (TPSA) is 40.4 Å². The summed E-state index contributed by atoms with van der Waals surface area (Å²) in [4.78, 5) is 10.2. The average molecular weight is 879 g/mol. The zero-order chi connectivity index (χ0) is 29.8. The van der Waals surface area contributed by atoms with Crippen LogP contribution in [0.2, 0.25) is 0 Å². The third-order valence-corrected chi connectivity index (χ3v) is 33.4. The van der Waals surface area contributed by atoms with E-state index in [1.807, 2.05) is 0 Å². The zero-order valence-electron chi connectivity index (χ0n) is 25.8. The predicted octanol–water partition coefficient (Wildman–Crippen LogP) is 5.32. The number of nitrogens with zero attached hydrogens (tertiary/aromatic N) is 4. The normalized spacial score (nSPS) is 13.6. The van der Waals surface area contributed by atoms with Crippen LogP contribution in [-0.4, -0.2) is 83.0 Å². The molecule has 0 N–H and O–H groups in total. The summed E-state index contributed by atoms with van der Waals surface area (Å²) in [6.45, 7) is 26.7. The van der Waals surface area contributed by atoms with Crippen LogP contribution in [0.1, 0.15) is 83.1 Å². The van der Waals surface area contributed by atoms with E-state index in [1.165, 1.54) is 0 Å². The van der Waals surface area contributed by atoms with Crippen molar-refractivity contribution in [3.63, 3.8) is 0 Å². The first-order valence-corrected chi connectivity index (χ1v) is 30.8. The third-order valence-electron chi connectivity index (χ3n) is 5.26. The average Bonchev–Trinajstić information content (AvgIpc) is 3.05. The Hall–Kier alpha value is -0.155. The maximum atomic E-state index is 7.28. The molecule has 0 aliphatic carbocycles. The number of hydrogen-bond donors (Lipinski definition) is 0. The van der Waals surface area contributed by atoms with Crippen molar-refractivity contribution in [1.29, 1.82) is 0 Å². The maximum absolute atomic E-state index is 7.28. The molecule has 0 aliphatic heterocycles. The summed E-state index contributed by atoms with van der Waals surface area (Å²) >= 11 is 0.0139. The van der Waals surface area contributed by atoms with Gasteiger partial charge < -0.3 is 0 Å². The first kappa shape index (κ1) is 35.0. The van der Waals surface area contributed by atoms with E-state index in [0.717, 1.165) is 22.1 Å². The Morgan fingerprint density at radius 1 is 0.538 bits per heavy atom.